The van der Waals surface area contributed by atoms with Gasteiger partial charge in [0.15, 0.2) is 5.82 Å². The van der Waals surface area contributed by atoms with Crippen LogP contribution in [0, 0.1) is 0 Å². The molecule has 0 atom stereocenters. The van der Waals surface area contributed by atoms with Crippen molar-refractivity contribution < 1.29 is 9.52 Å². The Morgan fingerprint density at radius 1 is 1.33 bits per heavy atom. The van der Waals surface area contributed by atoms with Crippen LogP contribution in [0.1, 0.15) is 0 Å². The maximum Gasteiger partial charge on any atom is 0.214 e. The predicted octanol–water partition coefficient (Wildman–Crippen LogP) is 1.44. The van der Waals surface area contributed by atoms with Gasteiger partial charge in [0.05, 0.1) is 11.8 Å². The molecule has 0 unspecified atom stereocenters. The van der Waals surface area contributed by atoms with Gasteiger partial charge in [-0.3, -0.25) is 0 Å². The Morgan fingerprint density at radius 2 is 2.25 bits per heavy atom. The van der Waals surface area contributed by atoms with Crippen molar-refractivity contribution in [1.82, 2.24) is 9.97 Å². The maximum atomic E-state index is 9.03. The molecule has 0 bridgehead atoms. The van der Waals surface area contributed by atoms with Gasteiger partial charge in [0.1, 0.15) is 6.26 Å². The van der Waals surface area contributed by atoms with Crippen LogP contribution in [0.15, 0.2) is 35.3 Å². The van der Waals surface area contributed by atoms with Crippen molar-refractivity contribution in [3.8, 4) is 17.3 Å². The summed E-state index contributed by atoms with van der Waals surface area (Å²) >= 11 is 0. The van der Waals surface area contributed by atoms with Gasteiger partial charge in [-0.2, -0.15) is 4.98 Å². The number of hydrogen-bond donors (Lipinski definition) is 1. The maximum absolute atomic E-state index is 9.03. The van der Waals surface area contributed by atoms with Crippen molar-refractivity contribution in [2.24, 2.45) is 0 Å². The number of aromatic nitrogens is 2. The first kappa shape index (κ1) is 6.84. The Hall–Kier alpha value is -1.84. The van der Waals surface area contributed by atoms with Gasteiger partial charge >= 0.3 is 0 Å². The zero-order valence-electron chi connectivity index (χ0n) is 6.14. The zero-order chi connectivity index (χ0) is 8.39. The molecule has 2 rings (SSSR count). The van der Waals surface area contributed by atoms with Gasteiger partial charge in [0, 0.05) is 12.3 Å². The number of nitrogens with zero attached hydrogens (tertiary/aromatic N) is 2. The van der Waals surface area contributed by atoms with E-state index in [0.717, 1.165) is 5.56 Å². The molecule has 0 spiro atoms. The first-order valence-electron chi connectivity index (χ1n) is 3.41. The summed E-state index contributed by atoms with van der Waals surface area (Å²) in [5, 5.41) is 9.03. The van der Waals surface area contributed by atoms with Crippen molar-refractivity contribution in [3.05, 3.63) is 30.9 Å². The highest BCUT2D eigenvalue weighted by molar-refractivity contribution is 5.52. The molecule has 0 amide bonds. The Morgan fingerprint density at radius 3 is 2.92 bits per heavy atom. The minimum atomic E-state index is -0.0406. The van der Waals surface area contributed by atoms with E-state index in [0.29, 0.717) is 5.82 Å². The highest BCUT2D eigenvalue weighted by Gasteiger charge is 2.01. The fraction of sp³-hybridized carbons (Fsp3) is 0. The van der Waals surface area contributed by atoms with E-state index in [1.807, 2.05) is 0 Å². The van der Waals surface area contributed by atoms with E-state index in [2.05, 4.69) is 9.97 Å². The lowest BCUT2D eigenvalue weighted by Crippen LogP contribution is -1.84. The summed E-state index contributed by atoms with van der Waals surface area (Å²) in [7, 11) is 0. The summed E-state index contributed by atoms with van der Waals surface area (Å²) in [6.07, 6.45) is 4.54. The van der Waals surface area contributed by atoms with Crippen LogP contribution in [-0.2, 0) is 0 Å². The van der Waals surface area contributed by atoms with Gasteiger partial charge in [0.2, 0.25) is 5.88 Å². The van der Waals surface area contributed by atoms with Gasteiger partial charge in [-0.1, -0.05) is 0 Å². The van der Waals surface area contributed by atoms with E-state index in [4.69, 9.17) is 9.52 Å². The van der Waals surface area contributed by atoms with Gasteiger partial charge in [-0.05, 0) is 6.07 Å². The predicted molar refractivity (Wildman–Crippen MR) is 41.4 cm³/mol. The smallest absolute Gasteiger partial charge is 0.214 e. The summed E-state index contributed by atoms with van der Waals surface area (Å²) in [4.78, 5) is 7.75. The van der Waals surface area contributed by atoms with Crippen LogP contribution in [0.25, 0.3) is 11.4 Å². The molecule has 4 nitrogen and oxygen atoms in total. The van der Waals surface area contributed by atoms with E-state index in [-0.39, 0.29) is 5.88 Å². The van der Waals surface area contributed by atoms with Crippen molar-refractivity contribution in [1.29, 1.82) is 0 Å². The summed E-state index contributed by atoms with van der Waals surface area (Å²) in [5.74, 6) is 0.421. The van der Waals surface area contributed by atoms with E-state index in [1.165, 1.54) is 24.8 Å². The average Bonchev–Trinajstić information content (AvgIpc) is 2.56. The van der Waals surface area contributed by atoms with Crippen LogP contribution in [0.2, 0.25) is 0 Å². The molecular weight excluding hydrogens is 156 g/mol. The van der Waals surface area contributed by atoms with Gasteiger partial charge < -0.3 is 9.52 Å². The lowest BCUT2D eigenvalue weighted by atomic mass is 10.3. The van der Waals surface area contributed by atoms with E-state index in [1.54, 1.807) is 6.07 Å². The fourth-order valence-corrected chi connectivity index (χ4v) is 0.880. The number of rotatable bonds is 1. The van der Waals surface area contributed by atoms with Gasteiger partial charge in [-0.15, -0.1) is 0 Å². The minimum absolute atomic E-state index is 0.0406. The second-order valence-electron chi connectivity index (χ2n) is 2.25. The van der Waals surface area contributed by atoms with Gasteiger partial charge in [0.25, 0.3) is 0 Å². The number of hydrogen-bond acceptors (Lipinski definition) is 4. The SMILES string of the molecule is Oc1ccnc(-c2ccoc2)n1. The van der Waals surface area contributed by atoms with Crippen LogP contribution >= 0.6 is 0 Å². The van der Waals surface area contributed by atoms with Crippen LogP contribution in [0.4, 0.5) is 0 Å². The number of furan rings is 1. The minimum Gasteiger partial charge on any atom is -0.493 e. The third-order valence-corrected chi connectivity index (χ3v) is 1.42. The quantitative estimate of drug-likeness (QED) is 0.689. The highest BCUT2D eigenvalue weighted by Crippen LogP contribution is 2.16. The van der Waals surface area contributed by atoms with Crippen LogP contribution in [0.5, 0.6) is 5.88 Å². The summed E-state index contributed by atoms with van der Waals surface area (Å²) in [5.41, 5.74) is 0.755. The first-order valence-corrected chi connectivity index (χ1v) is 3.41. The standard InChI is InChI=1S/C8H6N2O2/c11-7-1-3-9-8(10-7)6-2-4-12-5-6/h1-5H,(H,9,10,11). The largest absolute Gasteiger partial charge is 0.493 e. The van der Waals surface area contributed by atoms with Crippen molar-refractivity contribution in [2.75, 3.05) is 0 Å². The molecule has 1 N–H and O–H groups in total. The lowest BCUT2D eigenvalue weighted by molar-refractivity contribution is 0.453. The van der Waals surface area contributed by atoms with Crippen molar-refractivity contribution >= 4 is 0 Å². The Bertz CT molecular complexity index is 370. The van der Waals surface area contributed by atoms with Crippen molar-refractivity contribution in [2.45, 2.75) is 0 Å². The molecule has 2 heterocycles. The molecule has 0 saturated heterocycles. The van der Waals surface area contributed by atoms with Crippen LogP contribution in [-0.4, -0.2) is 15.1 Å². The summed E-state index contributed by atoms with van der Waals surface area (Å²) < 4.78 is 4.85. The second-order valence-corrected chi connectivity index (χ2v) is 2.25. The molecule has 12 heavy (non-hydrogen) atoms. The summed E-state index contributed by atoms with van der Waals surface area (Å²) in [6, 6.07) is 3.15. The van der Waals surface area contributed by atoms with E-state index >= 15 is 0 Å². The molecule has 0 aliphatic carbocycles. The monoisotopic (exact) mass is 162 g/mol. The Balaban J connectivity index is 2.48. The second kappa shape index (κ2) is 2.65. The third kappa shape index (κ3) is 1.14. The fourth-order valence-electron chi connectivity index (χ4n) is 0.880. The van der Waals surface area contributed by atoms with Crippen molar-refractivity contribution in [3.63, 3.8) is 0 Å². The molecule has 60 valence electrons. The Labute approximate surface area is 68.5 Å². The normalized spacial score (nSPS) is 10.0. The molecule has 4 heteroatoms. The molecule has 0 aliphatic rings. The summed E-state index contributed by atoms with van der Waals surface area (Å²) in [6.45, 7) is 0. The molecule has 0 aromatic carbocycles. The Kier molecular flexibility index (Phi) is 1.51. The molecule has 2 aromatic rings. The van der Waals surface area contributed by atoms with Gasteiger partial charge in [-0.25, -0.2) is 4.98 Å². The molecule has 2 aromatic heterocycles. The first-order chi connectivity index (χ1) is 5.86. The third-order valence-electron chi connectivity index (χ3n) is 1.42. The van der Waals surface area contributed by atoms with E-state index in [9.17, 15) is 0 Å². The molecule has 0 saturated carbocycles. The topological polar surface area (TPSA) is 59.2 Å². The molecule has 0 fully saturated rings. The molecular formula is C8H6N2O2. The lowest BCUT2D eigenvalue weighted by Gasteiger charge is -1.93. The van der Waals surface area contributed by atoms with E-state index < -0.39 is 0 Å². The van der Waals surface area contributed by atoms with Crippen LogP contribution < -0.4 is 0 Å². The molecule has 0 aliphatic heterocycles. The highest BCUT2D eigenvalue weighted by atomic mass is 16.3. The van der Waals surface area contributed by atoms with Crippen LogP contribution in [0.3, 0.4) is 0 Å². The molecule has 0 radical (unpaired) electrons. The average molecular weight is 162 g/mol. The zero-order valence-corrected chi connectivity index (χ0v) is 6.14. The number of aromatic hydroxyl groups is 1.